The highest BCUT2D eigenvalue weighted by Gasteiger charge is 2.05. The van der Waals surface area contributed by atoms with E-state index in [9.17, 15) is 8.42 Å². The minimum absolute atomic E-state index is 0.100. The van der Waals surface area contributed by atoms with Crippen LogP contribution in [0, 0.1) is 0 Å². The summed E-state index contributed by atoms with van der Waals surface area (Å²) in [6.07, 6.45) is 2.29. The first-order chi connectivity index (χ1) is 7.40. The zero-order chi connectivity index (χ0) is 12.2. The summed E-state index contributed by atoms with van der Waals surface area (Å²) in [7, 11) is -2.96. The van der Waals surface area contributed by atoms with Crippen molar-refractivity contribution < 1.29 is 8.42 Å². The molecule has 1 atom stereocenters. The Morgan fingerprint density at radius 2 is 2.06 bits per heavy atom. The Labute approximate surface area is 97.8 Å². The number of benzene rings is 1. The molecule has 1 rings (SSSR count). The lowest BCUT2D eigenvalue weighted by Crippen LogP contribution is -2.13. The molecule has 4 heteroatoms. The van der Waals surface area contributed by atoms with E-state index in [1.165, 1.54) is 6.26 Å². The zero-order valence-electron chi connectivity index (χ0n) is 10.0. The fourth-order valence-electron chi connectivity index (χ4n) is 1.44. The third-order valence-electron chi connectivity index (χ3n) is 2.38. The number of sulfone groups is 1. The van der Waals surface area contributed by atoms with Crippen molar-refractivity contribution in [3.05, 3.63) is 29.8 Å². The number of rotatable bonds is 5. The molecule has 0 aromatic heterocycles. The lowest BCUT2D eigenvalue weighted by molar-refractivity contribution is 0.601. The van der Waals surface area contributed by atoms with E-state index >= 15 is 0 Å². The van der Waals surface area contributed by atoms with Crippen LogP contribution in [0.5, 0.6) is 0 Å². The fourth-order valence-corrected chi connectivity index (χ4v) is 2.23. The van der Waals surface area contributed by atoms with Crippen LogP contribution in [0.3, 0.4) is 0 Å². The van der Waals surface area contributed by atoms with Crippen LogP contribution in [-0.2, 0) is 15.6 Å². The Hall–Kier alpha value is -1.03. The first-order valence-corrected chi connectivity index (χ1v) is 7.50. The predicted molar refractivity (Wildman–Crippen MR) is 68.4 cm³/mol. The lowest BCUT2D eigenvalue weighted by atomic mass is 10.2. The van der Waals surface area contributed by atoms with Gasteiger partial charge in [0.1, 0.15) is 0 Å². The van der Waals surface area contributed by atoms with Crippen molar-refractivity contribution in [2.75, 3.05) is 11.6 Å². The van der Waals surface area contributed by atoms with Gasteiger partial charge in [-0.15, -0.1) is 0 Å². The molecule has 1 aromatic carbocycles. The number of anilines is 1. The molecule has 90 valence electrons. The van der Waals surface area contributed by atoms with Gasteiger partial charge < -0.3 is 5.32 Å². The van der Waals surface area contributed by atoms with Crippen molar-refractivity contribution in [3.63, 3.8) is 0 Å². The average Bonchev–Trinajstić information content (AvgIpc) is 2.15. The summed E-state index contributed by atoms with van der Waals surface area (Å²) >= 11 is 0. The minimum Gasteiger partial charge on any atom is -0.383 e. The highest BCUT2D eigenvalue weighted by molar-refractivity contribution is 7.89. The minimum atomic E-state index is -2.96. The van der Waals surface area contributed by atoms with Gasteiger partial charge in [0.05, 0.1) is 5.75 Å². The maximum absolute atomic E-state index is 11.2. The average molecular weight is 241 g/mol. The molecular weight excluding hydrogens is 222 g/mol. The van der Waals surface area contributed by atoms with Crippen LogP contribution < -0.4 is 5.32 Å². The number of hydrogen-bond donors (Lipinski definition) is 1. The summed E-state index contributed by atoms with van der Waals surface area (Å²) in [6.45, 7) is 4.21. The molecule has 0 aliphatic rings. The molecule has 0 spiro atoms. The zero-order valence-corrected chi connectivity index (χ0v) is 10.8. The van der Waals surface area contributed by atoms with Crippen LogP contribution in [0.25, 0.3) is 0 Å². The fraction of sp³-hybridized carbons (Fsp3) is 0.500. The highest BCUT2D eigenvalue weighted by atomic mass is 32.2. The van der Waals surface area contributed by atoms with Gasteiger partial charge in [0.2, 0.25) is 0 Å². The van der Waals surface area contributed by atoms with E-state index < -0.39 is 9.84 Å². The normalized spacial score (nSPS) is 13.4. The molecule has 0 aliphatic carbocycles. The second-order valence-corrected chi connectivity index (χ2v) is 6.36. The van der Waals surface area contributed by atoms with E-state index in [0.717, 1.165) is 17.7 Å². The van der Waals surface area contributed by atoms with Gasteiger partial charge in [-0.2, -0.15) is 0 Å². The molecule has 0 heterocycles. The van der Waals surface area contributed by atoms with E-state index in [0.29, 0.717) is 6.04 Å². The largest absolute Gasteiger partial charge is 0.383 e. The summed E-state index contributed by atoms with van der Waals surface area (Å²) in [5.74, 6) is 0.100. The Morgan fingerprint density at radius 3 is 2.62 bits per heavy atom. The van der Waals surface area contributed by atoms with E-state index in [-0.39, 0.29) is 5.75 Å². The van der Waals surface area contributed by atoms with E-state index in [2.05, 4.69) is 19.2 Å². The molecule has 16 heavy (non-hydrogen) atoms. The van der Waals surface area contributed by atoms with Crippen molar-refractivity contribution in [2.24, 2.45) is 0 Å². The van der Waals surface area contributed by atoms with Crippen molar-refractivity contribution in [3.8, 4) is 0 Å². The van der Waals surface area contributed by atoms with E-state index in [1.54, 1.807) is 0 Å². The van der Waals surface area contributed by atoms with Gasteiger partial charge in [-0.25, -0.2) is 8.42 Å². The molecule has 0 amide bonds. The van der Waals surface area contributed by atoms with Crippen LogP contribution in [0.15, 0.2) is 24.3 Å². The third-order valence-corrected chi connectivity index (χ3v) is 3.24. The van der Waals surface area contributed by atoms with Crippen LogP contribution in [-0.4, -0.2) is 20.7 Å². The summed E-state index contributed by atoms with van der Waals surface area (Å²) < 4.78 is 22.3. The quantitative estimate of drug-likeness (QED) is 0.861. The smallest absolute Gasteiger partial charge is 0.151 e. The second-order valence-electron chi connectivity index (χ2n) is 4.22. The monoisotopic (exact) mass is 241 g/mol. The van der Waals surface area contributed by atoms with Gasteiger partial charge in [0.25, 0.3) is 0 Å². The Kier molecular flexibility index (Phi) is 4.35. The molecule has 1 aromatic rings. The van der Waals surface area contributed by atoms with Crippen LogP contribution >= 0.6 is 0 Å². The van der Waals surface area contributed by atoms with Crippen LogP contribution in [0.4, 0.5) is 5.69 Å². The third kappa shape index (κ3) is 4.66. The van der Waals surface area contributed by atoms with Crippen molar-refractivity contribution in [1.82, 2.24) is 0 Å². The Balaban J connectivity index is 2.79. The number of hydrogen-bond acceptors (Lipinski definition) is 3. The van der Waals surface area contributed by atoms with Crippen molar-refractivity contribution in [1.29, 1.82) is 0 Å². The Bertz CT molecular complexity index is 440. The molecule has 3 nitrogen and oxygen atoms in total. The first-order valence-electron chi connectivity index (χ1n) is 5.44. The second kappa shape index (κ2) is 5.34. The molecule has 0 radical (unpaired) electrons. The van der Waals surface area contributed by atoms with Gasteiger partial charge in [-0.1, -0.05) is 19.1 Å². The standard InChI is InChI=1S/C12H19NO2S/c1-4-10(2)13-12-7-5-6-11(8-12)9-16(3,14)15/h5-8,10,13H,4,9H2,1-3H3. The molecule has 0 saturated heterocycles. The van der Waals surface area contributed by atoms with Gasteiger partial charge in [-0.3, -0.25) is 0 Å². The Morgan fingerprint density at radius 1 is 1.38 bits per heavy atom. The lowest BCUT2D eigenvalue weighted by Gasteiger charge is -2.13. The summed E-state index contributed by atoms with van der Waals surface area (Å²) in [5.41, 5.74) is 1.81. The van der Waals surface area contributed by atoms with Gasteiger partial charge in [-0.05, 0) is 31.0 Å². The molecular formula is C12H19NO2S. The van der Waals surface area contributed by atoms with E-state index in [1.807, 2.05) is 24.3 Å². The maximum Gasteiger partial charge on any atom is 0.151 e. The van der Waals surface area contributed by atoms with Crippen molar-refractivity contribution in [2.45, 2.75) is 32.1 Å². The molecule has 0 bridgehead atoms. The topological polar surface area (TPSA) is 46.2 Å². The van der Waals surface area contributed by atoms with Gasteiger partial charge in [0, 0.05) is 18.0 Å². The molecule has 0 fully saturated rings. The van der Waals surface area contributed by atoms with Crippen LogP contribution in [0.1, 0.15) is 25.8 Å². The van der Waals surface area contributed by atoms with Crippen molar-refractivity contribution >= 4 is 15.5 Å². The predicted octanol–water partition coefficient (Wildman–Crippen LogP) is 2.44. The summed E-state index contributed by atoms with van der Waals surface area (Å²) in [5, 5.41) is 3.32. The van der Waals surface area contributed by atoms with Gasteiger partial charge in [0.15, 0.2) is 9.84 Å². The van der Waals surface area contributed by atoms with Gasteiger partial charge >= 0.3 is 0 Å². The number of nitrogens with one attached hydrogen (secondary N) is 1. The van der Waals surface area contributed by atoms with Crippen LogP contribution in [0.2, 0.25) is 0 Å². The summed E-state index contributed by atoms with van der Waals surface area (Å²) in [4.78, 5) is 0. The SMILES string of the molecule is CCC(C)Nc1cccc(CS(C)(=O)=O)c1. The highest BCUT2D eigenvalue weighted by Crippen LogP contribution is 2.14. The molecule has 1 N–H and O–H groups in total. The molecule has 0 aliphatic heterocycles. The summed E-state index contributed by atoms with van der Waals surface area (Å²) in [6, 6.07) is 7.97. The molecule has 0 saturated carbocycles. The van der Waals surface area contributed by atoms with E-state index in [4.69, 9.17) is 0 Å². The first kappa shape index (κ1) is 13.0. The maximum atomic E-state index is 11.2. The molecule has 1 unspecified atom stereocenters.